The molecule has 1 aromatic heterocycles. The molecule has 0 spiro atoms. The van der Waals surface area contributed by atoms with E-state index in [2.05, 4.69) is 111 Å². The Kier molecular flexibility index (Phi) is 5.52. The first-order chi connectivity index (χ1) is 14.2. The number of hydrogen-bond acceptors (Lipinski definition) is 0. The Hall–Kier alpha value is -1.60. The fraction of sp³-hybridized carbons (Fsp3) is 0.154. The summed E-state index contributed by atoms with van der Waals surface area (Å²) in [6, 6.07) is 29.0. The van der Waals surface area contributed by atoms with E-state index in [-0.39, 0.29) is 0 Å². The Labute approximate surface area is 190 Å². The zero-order chi connectivity index (χ0) is 19.8. The van der Waals surface area contributed by atoms with Gasteiger partial charge in [0.15, 0.2) is 0 Å². The van der Waals surface area contributed by atoms with Gasteiger partial charge in [-0.2, -0.15) is 0 Å². The van der Waals surface area contributed by atoms with E-state index in [1.54, 1.807) is 21.7 Å². The van der Waals surface area contributed by atoms with Crippen LogP contribution in [0.4, 0.5) is 0 Å². The molecule has 1 heterocycles. The molecule has 0 saturated carbocycles. The van der Waals surface area contributed by atoms with Gasteiger partial charge in [0.1, 0.15) is 0 Å². The largest absolute Gasteiger partial charge is 0.0767 e. The van der Waals surface area contributed by atoms with E-state index in [0.717, 1.165) is 8.95 Å². The Morgan fingerprint density at radius 1 is 0.552 bits per heavy atom. The number of hydrogen-bond donors (Lipinski definition) is 0. The fourth-order valence-corrected chi connectivity index (χ4v) is 8.05. The maximum atomic E-state index is 3.61. The summed E-state index contributed by atoms with van der Waals surface area (Å²) in [7, 11) is -0.561. The number of halogens is 2. The molecule has 0 bridgehead atoms. The van der Waals surface area contributed by atoms with Crippen LogP contribution in [0.25, 0.3) is 27.0 Å². The van der Waals surface area contributed by atoms with E-state index in [0.29, 0.717) is 0 Å². The standard InChI is InChI=1S/C26H21Br2P/c27-20-14-10-18(11-15-20)25-23-8-4-5-9-24(23)26(19-12-16-21(28)17-13-19)29(25)22-6-2-1-3-7-22/h1-3,6-7,10-17H,4-5,8-9H2. The van der Waals surface area contributed by atoms with Crippen molar-refractivity contribution in [3.8, 4) is 27.0 Å². The normalized spacial score (nSPS) is 13.3. The lowest BCUT2D eigenvalue weighted by Crippen LogP contribution is -2.01. The van der Waals surface area contributed by atoms with Gasteiger partial charge in [-0.05, 0) is 77.5 Å². The second-order valence-corrected chi connectivity index (χ2v) is 11.5. The van der Waals surface area contributed by atoms with Crippen molar-refractivity contribution in [3.05, 3.63) is 98.9 Å². The average molecular weight is 524 g/mol. The number of fused-ring (bicyclic) bond motifs is 1. The molecule has 1 aliphatic carbocycles. The molecule has 0 amide bonds. The van der Waals surface area contributed by atoms with Crippen molar-refractivity contribution in [1.82, 2.24) is 0 Å². The SMILES string of the molecule is Brc1ccc(-c2c3c(c(-c4ccc(Br)cc4)p2-c2ccccc2)CCCC3)cc1. The fourth-order valence-electron chi connectivity index (χ4n) is 4.47. The lowest BCUT2D eigenvalue weighted by Gasteiger charge is -2.15. The van der Waals surface area contributed by atoms with Crippen molar-refractivity contribution in [2.45, 2.75) is 25.7 Å². The van der Waals surface area contributed by atoms with Gasteiger partial charge in [-0.1, -0.05) is 94.0 Å². The van der Waals surface area contributed by atoms with Gasteiger partial charge < -0.3 is 0 Å². The molecule has 0 N–H and O–H groups in total. The van der Waals surface area contributed by atoms with Gasteiger partial charge in [-0.3, -0.25) is 0 Å². The van der Waals surface area contributed by atoms with Gasteiger partial charge >= 0.3 is 0 Å². The first-order valence-electron chi connectivity index (χ1n) is 10.1. The van der Waals surface area contributed by atoms with Gasteiger partial charge in [0, 0.05) is 19.5 Å². The van der Waals surface area contributed by atoms with Crippen LogP contribution in [0.2, 0.25) is 0 Å². The highest BCUT2D eigenvalue weighted by atomic mass is 79.9. The lowest BCUT2D eigenvalue weighted by atomic mass is 9.89. The predicted octanol–water partition coefficient (Wildman–Crippen LogP) is 9.40. The third-order valence-corrected chi connectivity index (χ3v) is 9.56. The van der Waals surface area contributed by atoms with Gasteiger partial charge in [-0.25, -0.2) is 0 Å². The predicted molar refractivity (Wildman–Crippen MR) is 133 cm³/mol. The van der Waals surface area contributed by atoms with E-state index in [4.69, 9.17) is 0 Å². The molecule has 0 unspecified atom stereocenters. The highest BCUT2D eigenvalue weighted by molar-refractivity contribution is 9.10. The average Bonchev–Trinajstić information content (AvgIpc) is 3.11. The van der Waals surface area contributed by atoms with E-state index in [9.17, 15) is 0 Å². The van der Waals surface area contributed by atoms with E-state index in [1.165, 1.54) is 42.1 Å². The quantitative estimate of drug-likeness (QED) is 0.251. The summed E-state index contributed by atoms with van der Waals surface area (Å²) in [5, 5.41) is 4.60. The van der Waals surface area contributed by atoms with E-state index < -0.39 is 7.53 Å². The lowest BCUT2D eigenvalue weighted by molar-refractivity contribution is 0.692. The number of rotatable bonds is 3. The molecular formula is C26H21Br2P. The third-order valence-electron chi connectivity index (χ3n) is 5.74. The topological polar surface area (TPSA) is 0 Å². The van der Waals surface area contributed by atoms with Crippen molar-refractivity contribution in [3.63, 3.8) is 0 Å². The van der Waals surface area contributed by atoms with Gasteiger partial charge in [-0.15, -0.1) is 0 Å². The molecule has 0 saturated heterocycles. The van der Waals surface area contributed by atoms with Crippen LogP contribution < -0.4 is 0 Å². The van der Waals surface area contributed by atoms with Crippen LogP contribution in [0.1, 0.15) is 24.0 Å². The Bertz CT molecular complexity index is 1070. The molecule has 3 heteroatoms. The van der Waals surface area contributed by atoms with Crippen LogP contribution in [-0.4, -0.2) is 0 Å². The van der Waals surface area contributed by atoms with Crippen LogP contribution in [0.15, 0.2) is 87.8 Å². The first-order valence-corrected chi connectivity index (χ1v) is 13.0. The van der Waals surface area contributed by atoms with Crippen molar-refractivity contribution in [2.24, 2.45) is 0 Å². The van der Waals surface area contributed by atoms with Crippen LogP contribution in [0.3, 0.4) is 0 Å². The summed E-state index contributed by atoms with van der Waals surface area (Å²) in [5.41, 5.74) is 5.99. The minimum atomic E-state index is -0.561. The molecule has 4 aromatic rings. The van der Waals surface area contributed by atoms with E-state index in [1.807, 2.05) is 0 Å². The van der Waals surface area contributed by atoms with Crippen molar-refractivity contribution in [1.29, 1.82) is 0 Å². The summed E-state index contributed by atoms with van der Waals surface area (Å²) in [6.45, 7) is 0. The Balaban J connectivity index is 1.87. The van der Waals surface area contributed by atoms with Crippen molar-refractivity contribution in [2.75, 3.05) is 0 Å². The molecule has 0 nitrogen and oxygen atoms in total. The molecule has 144 valence electrons. The zero-order valence-electron chi connectivity index (χ0n) is 16.0. The second kappa shape index (κ2) is 8.26. The van der Waals surface area contributed by atoms with Gasteiger partial charge in [0.05, 0.1) is 0 Å². The minimum absolute atomic E-state index is 0.561. The first kappa shape index (κ1) is 19.4. The molecule has 3 aromatic carbocycles. The molecule has 5 rings (SSSR count). The molecule has 0 aliphatic heterocycles. The summed E-state index contributed by atoms with van der Waals surface area (Å²) < 4.78 is 2.28. The van der Waals surface area contributed by atoms with E-state index >= 15 is 0 Å². The van der Waals surface area contributed by atoms with Crippen molar-refractivity contribution >= 4 is 39.4 Å². The smallest absolute Gasteiger partial charge is 0.0175 e. The van der Waals surface area contributed by atoms with Crippen molar-refractivity contribution < 1.29 is 0 Å². The molecule has 1 aliphatic rings. The molecule has 29 heavy (non-hydrogen) atoms. The maximum Gasteiger partial charge on any atom is 0.0175 e. The third kappa shape index (κ3) is 3.67. The second-order valence-electron chi connectivity index (χ2n) is 7.55. The van der Waals surface area contributed by atoms with Crippen LogP contribution >= 0.6 is 39.4 Å². The summed E-state index contributed by atoms with van der Waals surface area (Å²) in [4.78, 5) is 0. The Morgan fingerprint density at radius 2 is 1.00 bits per heavy atom. The monoisotopic (exact) mass is 522 g/mol. The molecule has 0 fully saturated rings. The van der Waals surface area contributed by atoms with Crippen LogP contribution in [0, 0.1) is 0 Å². The van der Waals surface area contributed by atoms with Crippen LogP contribution in [-0.2, 0) is 12.8 Å². The summed E-state index contributed by atoms with van der Waals surface area (Å²) in [5.74, 6) is 0. The highest BCUT2D eigenvalue weighted by Gasteiger charge is 2.27. The van der Waals surface area contributed by atoms with Gasteiger partial charge in [0.25, 0.3) is 0 Å². The highest BCUT2D eigenvalue weighted by Crippen LogP contribution is 2.62. The summed E-state index contributed by atoms with van der Waals surface area (Å²) >= 11 is 7.23. The molecule has 0 radical (unpaired) electrons. The minimum Gasteiger partial charge on any atom is -0.0767 e. The summed E-state index contributed by atoms with van der Waals surface area (Å²) in [6.07, 6.45) is 4.99. The Morgan fingerprint density at radius 3 is 1.45 bits per heavy atom. The maximum absolute atomic E-state index is 3.61. The molecule has 0 atom stereocenters. The zero-order valence-corrected chi connectivity index (χ0v) is 20.1. The number of benzene rings is 3. The van der Waals surface area contributed by atoms with Crippen LogP contribution in [0.5, 0.6) is 0 Å². The van der Waals surface area contributed by atoms with Gasteiger partial charge in [0.2, 0.25) is 0 Å². The molecular weight excluding hydrogens is 503 g/mol.